The molecule has 176 valence electrons. The molecule has 0 unspecified atom stereocenters. The van der Waals surface area contributed by atoms with E-state index in [4.69, 9.17) is 4.98 Å². The largest absolute Gasteiger partial charge is 0.342 e. The highest BCUT2D eigenvalue weighted by molar-refractivity contribution is 8.00. The molecule has 1 aromatic heterocycles. The van der Waals surface area contributed by atoms with Crippen LogP contribution in [0.1, 0.15) is 31.0 Å². The third-order valence-corrected chi connectivity index (χ3v) is 8.69. The Morgan fingerprint density at radius 3 is 2.44 bits per heavy atom. The minimum atomic E-state index is -0.0257. The van der Waals surface area contributed by atoms with E-state index < -0.39 is 0 Å². The molecule has 1 amide bonds. The van der Waals surface area contributed by atoms with Gasteiger partial charge in [-0.3, -0.25) is 14.2 Å². The molecule has 1 atom stereocenters. The molecule has 0 spiro atoms. The van der Waals surface area contributed by atoms with Crippen LogP contribution in [0.3, 0.4) is 0 Å². The Kier molecular flexibility index (Phi) is 7.11. The van der Waals surface area contributed by atoms with Gasteiger partial charge >= 0.3 is 0 Å². The Bertz CT molecular complexity index is 1210. The number of carbonyl (C=O) groups excluding carboxylic acids is 1. The van der Waals surface area contributed by atoms with E-state index in [0.29, 0.717) is 22.1 Å². The van der Waals surface area contributed by atoms with Gasteiger partial charge < -0.3 is 4.90 Å². The predicted octanol–water partition coefficient (Wildman–Crippen LogP) is 4.84. The Hall–Kier alpha value is -2.51. The van der Waals surface area contributed by atoms with Crippen molar-refractivity contribution < 1.29 is 4.79 Å². The zero-order valence-corrected chi connectivity index (χ0v) is 21.0. The van der Waals surface area contributed by atoms with Crippen molar-refractivity contribution >= 4 is 29.4 Å². The molecule has 1 saturated heterocycles. The number of hydrogen-bond donors (Lipinski definition) is 0. The number of thioether (sulfide) groups is 2. The summed E-state index contributed by atoms with van der Waals surface area (Å²) in [5, 5.41) is 0.954. The molecule has 34 heavy (non-hydrogen) atoms. The van der Waals surface area contributed by atoms with E-state index in [1.54, 1.807) is 16.3 Å². The van der Waals surface area contributed by atoms with Crippen molar-refractivity contribution in [2.24, 2.45) is 5.92 Å². The summed E-state index contributed by atoms with van der Waals surface area (Å²) in [7, 11) is 0. The Morgan fingerprint density at radius 2 is 1.74 bits per heavy atom. The fourth-order valence-corrected chi connectivity index (χ4v) is 6.78. The van der Waals surface area contributed by atoms with Crippen LogP contribution in [-0.4, -0.2) is 44.5 Å². The van der Waals surface area contributed by atoms with E-state index in [9.17, 15) is 9.59 Å². The normalized spacial score (nSPS) is 18.1. The minimum absolute atomic E-state index is 0.0257. The lowest BCUT2D eigenvalue weighted by molar-refractivity contribution is -0.129. The quantitative estimate of drug-likeness (QED) is 0.365. The van der Waals surface area contributed by atoms with E-state index >= 15 is 0 Å². The fraction of sp³-hybridized carbons (Fsp3) is 0.370. The van der Waals surface area contributed by atoms with Gasteiger partial charge in [-0.2, -0.15) is 0 Å². The van der Waals surface area contributed by atoms with Gasteiger partial charge in [-0.25, -0.2) is 4.98 Å². The standard InChI is InChI=1S/C27H29N3O2S2/c1-19-16-23-25(34-19)26(32)30(22-10-6-3-7-11-22)27(28-23)33-18-24(31)29-14-12-21(13-15-29)17-20-8-4-2-5-9-20/h2-11,19,21H,12-18H2,1H3/t19-/m1/s1. The lowest BCUT2D eigenvalue weighted by atomic mass is 9.90. The summed E-state index contributed by atoms with van der Waals surface area (Å²) in [5.74, 6) is 1.05. The summed E-state index contributed by atoms with van der Waals surface area (Å²) in [6.45, 7) is 3.72. The summed E-state index contributed by atoms with van der Waals surface area (Å²) >= 11 is 2.98. The van der Waals surface area contributed by atoms with Gasteiger partial charge in [0.15, 0.2) is 5.16 Å². The average molecular weight is 492 g/mol. The Morgan fingerprint density at radius 1 is 1.06 bits per heavy atom. The molecule has 0 bridgehead atoms. The summed E-state index contributed by atoms with van der Waals surface area (Å²) in [5.41, 5.74) is 3.00. The molecule has 0 aliphatic carbocycles. The fourth-order valence-electron chi connectivity index (χ4n) is 4.75. The van der Waals surface area contributed by atoms with Gasteiger partial charge in [0, 0.05) is 24.8 Å². The van der Waals surface area contributed by atoms with Crippen molar-refractivity contribution in [1.82, 2.24) is 14.5 Å². The van der Waals surface area contributed by atoms with Crippen LogP contribution < -0.4 is 5.56 Å². The molecule has 2 aromatic carbocycles. The topological polar surface area (TPSA) is 55.2 Å². The van der Waals surface area contributed by atoms with Gasteiger partial charge in [0.05, 0.1) is 22.0 Å². The maximum atomic E-state index is 13.4. The lowest BCUT2D eigenvalue weighted by Crippen LogP contribution is -2.40. The highest BCUT2D eigenvalue weighted by Crippen LogP contribution is 2.35. The number of carbonyl (C=O) groups is 1. The maximum absolute atomic E-state index is 13.4. The number of hydrogen-bond acceptors (Lipinski definition) is 5. The second-order valence-corrected chi connectivity index (χ2v) is 11.5. The van der Waals surface area contributed by atoms with E-state index in [-0.39, 0.29) is 11.5 Å². The lowest BCUT2D eigenvalue weighted by Gasteiger charge is -2.32. The number of rotatable bonds is 6. The van der Waals surface area contributed by atoms with Gasteiger partial charge in [-0.15, -0.1) is 11.8 Å². The highest BCUT2D eigenvalue weighted by Gasteiger charge is 2.28. The van der Waals surface area contributed by atoms with Crippen LogP contribution in [0.5, 0.6) is 0 Å². The summed E-state index contributed by atoms with van der Waals surface area (Å²) < 4.78 is 1.67. The van der Waals surface area contributed by atoms with E-state index in [0.717, 1.165) is 55.0 Å². The van der Waals surface area contributed by atoms with Crippen LogP contribution in [-0.2, 0) is 17.6 Å². The van der Waals surface area contributed by atoms with E-state index in [2.05, 4.69) is 37.3 Å². The molecule has 7 heteroatoms. The van der Waals surface area contributed by atoms with E-state index in [1.165, 1.54) is 17.3 Å². The van der Waals surface area contributed by atoms with Crippen LogP contribution in [0.25, 0.3) is 5.69 Å². The molecule has 3 heterocycles. The first-order chi connectivity index (χ1) is 16.6. The maximum Gasteiger partial charge on any atom is 0.272 e. The summed E-state index contributed by atoms with van der Waals surface area (Å²) in [6, 6.07) is 20.2. The molecule has 0 radical (unpaired) electrons. The number of amides is 1. The minimum Gasteiger partial charge on any atom is -0.342 e. The molecular weight excluding hydrogens is 462 g/mol. The molecular formula is C27H29N3O2S2. The zero-order valence-electron chi connectivity index (χ0n) is 19.4. The molecule has 5 rings (SSSR count). The number of aromatic nitrogens is 2. The van der Waals surface area contributed by atoms with Crippen molar-refractivity contribution in [1.29, 1.82) is 0 Å². The predicted molar refractivity (Wildman–Crippen MR) is 139 cm³/mol. The Labute approximate surface area is 209 Å². The number of piperidine rings is 1. The third-order valence-electron chi connectivity index (χ3n) is 6.55. The van der Waals surface area contributed by atoms with Crippen LogP contribution in [0, 0.1) is 5.92 Å². The van der Waals surface area contributed by atoms with Crippen LogP contribution in [0.4, 0.5) is 0 Å². The first kappa shape index (κ1) is 23.2. The molecule has 0 saturated carbocycles. The van der Waals surface area contributed by atoms with Crippen molar-refractivity contribution in [2.75, 3.05) is 18.8 Å². The number of likely N-dealkylation sites (tertiary alicyclic amines) is 1. The van der Waals surface area contributed by atoms with Crippen molar-refractivity contribution in [3.8, 4) is 5.69 Å². The second-order valence-electron chi connectivity index (χ2n) is 9.08. The molecule has 2 aliphatic heterocycles. The van der Waals surface area contributed by atoms with Gasteiger partial charge in [-0.05, 0) is 42.9 Å². The second kappa shape index (κ2) is 10.4. The van der Waals surface area contributed by atoms with Crippen molar-refractivity contribution in [3.63, 3.8) is 0 Å². The van der Waals surface area contributed by atoms with E-state index in [1.807, 2.05) is 35.2 Å². The van der Waals surface area contributed by atoms with Gasteiger partial charge in [0.1, 0.15) is 0 Å². The first-order valence-electron chi connectivity index (χ1n) is 11.9. The van der Waals surface area contributed by atoms with Gasteiger partial charge in [0.2, 0.25) is 5.91 Å². The van der Waals surface area contributed by atoms with Crippen LogP contribution in [0.15, 0.2) is 75.5 Å². The van der Waals surface area contributed by atoms with Gasteiger partial charge in [-0.1, -0.05) is 67.2 Å². The molecule has 0 N–H and O–H groups in total. The smallest absolute Gasteiger partial charge is 0.272 e. The number of benzene rings is 2. The van der Waals surface area contributed by atoms with Crippen LogP contribution in [0.2, 0.25) is 0 Å². The van der Waals surface area contributed by atoms with Crippen molar-refractivity contribution in [3.05, 3.63) is 82.3 Å². The average Bonchev–Trinajstić information content (AvgIpc) is 3.25. The zero-order chi connectivity index (χ0) is 23.5. The monoisotopic (exact) mass is 491 g/mol. The highest BCUT2D eigenvalue weighted by atomic mass is 32.2. The first-order valence-corrected chi connectivity index (χ1v) is 13.8. The molecule has 1 fully saturated rings. The SMILES string of the molecule is C[C@@H]1Cc2nc(SCC(=O)N3CCC(Cc4ccccc4)CC3)n(-c3ccccc3)c(=O)c2S1. The summed E-state index contributed by atoms with van der Waals surface area (Å²) in [6.07, 6.45) is 3.94. The molecule has 2 aliphatic rings. The molecule has 5 nitrogen and oxygen atoms in total. The number of fused-ring (bicyclic) bond motifs is 1. The number of para-hydroxylation sites is 1. The number of nitrogens with zero attached hydrogens (tertiary/aromatic N) is 3. The summed E-state index contributed by atoms with van der Waals surface area (Å²) in [4.78, 5) is 34.0. The van der Waals surface area contributed by atoms with Gasteiger partial charge in [0.25, 0.3) is 5.56 Å². The van der Waals surface area contributed by atoms with Crippen LogP contribution >= 0.6 is 23.5 Å². The van der Waals surface area contributed by atoms with Crippen molar-refractivity contribution in [2.45, 2.75) is 47.9 Å². The Balaban J connectivity index is 1.26. The molecule has 3 aromatic rings. The third kappa shape index (κ3) is 5.10.